The third-order valence-corrected chi connectivity index (χ3v) is 4.51. The molecular formula is C21H22N10O3. The second-order valence-electron chi connectivity index (χ2n) is 6.74. The van der Waals surface area contributed by atoms with E-state index in [2.05, 4.69) is 40.9 Å². The fourth-order valence-electron chi connectivity index (χ4n) is 3.01. The Labute approximate surface area is 198 Å². The van der Waals surface area contributed by atoms with E-state index in [1.54, 1.807) is 31.3 Å². The molecule has 0 spiro atoms. The zero-order valence-corrected chi connectivity index (χ0v) is 18.4. The van der Waals surface area contributed by atoms with Gasteiger partial charge in [-0.15, -0.1) is 10.2 Å². The lowest BCUT2D eigenvalue weighted by atomic mass is 10.2. The number of amides is 1. The van der Waals surface area contributed by atoms with Crippen molar-refractivity contribution < 1.29 is 18.4 Å². The number of aryl methyl sites for hydroxylation is 1. The molecule has 0 bridgehead atoms. The molecule has 0 aliphatic heterocycles. The summed E-state index contributed by atoms with van der Waals surface area (Å²) in [5.74, 6) is 0.893. The molecule has 4 aromatic heterocycles. The number of ether oxygens (including phenoxy) is 2. The molecule has 4 rings (SSSR count). The van der Waals surface area contributed by atoms with Crippen molar-refractivity contribution in [2.45, 2.75) is 0 Å². The van der Waals surface area contributed by atoms with Crippen LogP contribution in [0.5, 0.6) is 11.6 Å². The van der Waals surface area contributed by atoms with Crippen molar-refractivity contribution in [2.75, 3.05) is 31.8 Å². The van der Waals surface area contributed by atoms with Crippen molar-refractivity contribution in [3.63, 3.8) is 0 Å². The van der Waals surface area contributed by atoms with Gasteiger partial charge in [-0.25, -0.2) is 9.97 Å². The van der Waals surface area contributed by atoms with E-state index in [9.17, 15) is 4.79 Å². The Morgan fingerprint density at radius 2 is 1.97 bits per heavy atom. The predicted molar refractivity (Wildman–Crippen MR) is 124 cm³/mol. The minimum Gasteiger partial charge on any atom is -0.492 e. The molecule has 0 aromatic carbocycles. The number of hydrogen-bond donors (Lipinski definition) is 3. The van der Waals surface area contributed by atoms with E-state index in [0.717, 1.165) is 0 Å². The van der Waals surface area contributed by atoms with Crippen LogP contribution >= 0.6 is 0 Å². The zero-order chi connectivity index (χ0) is 26.6. The first-order valence-corrected chi connectivity index (χ1v) is 9.81. The van der Waals surface area contributed by atoms with Gasteiger partial charge in [-0.05, 0) is 12.1 Å². The van der Waals surface area contributed by atoms with Crippen molar-refractivity contribution in [1.82, 2.24) is 40.2 Å². The molecule has 4 heterocycles. The molecule has 1 amide bonds. The van der Waals surface area contributed by atoms with Gasteiger partial charge in [0.15, 0.2) is 28.9 Å². The highest BCUT2D eigenvalue weighted by Crippen LogP contribution is 2.35. The number of nitrogens with zero attached hydrogens (tertiary/aromatic N) is 7. The second kappa shape index (κ2) is 9.77. The Bertz CT molecular complexity index is 1430. The van der Waals surface area contributed by atoms with Crippen molar-refractivity contribution >= 4 is 29.0 Å². The number of rotatable bonds is 8. The van der Waals surface area contributed by atoms with Crippen LogP contribution in [0.3, 0.4) is 0 Å². The van der Waals surface area contributed by atoms with Crippen molar-refractivity contribution in [1.29, 1.82) is 0 Å². The molecule has 13 nitrogen and oxygen atoms in total. The standard InChI is InChI=1S/C21H22N10O3/c1-22-21(32)17-13(10-15(28-29-17)26-14-6-5-7-16(27-14)33-3)25-20-18(34-4)12(8-9-23-20)19-24-11-31(2)30-19/h5-11H,1-4H3,(H,22,32)(H2,23,25,26,27,28)/i1D3. The van der Waals surface area contributed by atoms with Gasteiger partial charge in [0, 0.05) is 36.5 Å². The lowest BCUT2D eigenvalue weighted by Crippen LogP contribution is -2.21. The van der Waals surface area contributed by atoms with Crippen LogP contribution in [0.15, 0.2) is 42.9 Å². The quantitative estimate of drug-likeness (QED) is 0.350. The number of aromatic nitrogens is 7. The molecule has 0 saturated heterocycles. The average molecular weight is 465 g/mol. The van der Waals surface area contributed by atoms with Crippen LogP contribution in [0.4, 0.5) is 23.1 Å². The molecule has 174 valence electrons. The second-order valence-corrected chi connectivity index (χ2v) is 6.74. The first-order valence-electron chi connectivity index (χ1n) is 11.3. The van der Waals surface area contributed by atoms with Crippen LogP contribution in [-0.2, 0) is 7.05 Å². The number of carbonyl (C=O) groups excluding carboxylic acids is 1. The summed E-state index contributed by atoms with van der Waals surface area (Å²) in [5.41, 5.74) is 0.347. The summed E-state index contributed by atoms with van der Waals surface area (Å²) in [4.78, 5) is 25.5. The third kappa shape index (κ3) is 4.67. The van der Waals surface area contributed by atoms with Crippen LogP contribution in [0.2, 0.25) is 0 Å². The minimum absolute atomic E-state index is 0.0964. The van der Waals surface area contributed by atoms with E-state index in [0.29, 0.717) is 23.1 Å². The molecule has 0 aliphatic rings. The molecule has 0 unspecified atom stereocenters. The smallest absolute Gasteiger partial charge is 0.273 e. The molecule has 0 saturated carbocycles. The largest absolute Gasteiger partial charge is 0.492 e. The minimum atomic E-state index is -2.74. The van der Waals surface area contributed by atoms with Gasteiger partial charge in [0.2, 0.25) is 5.88 Å². The lowest BCUT2D eigenvalue weighted by molar-refractivity contribution is 0.0958. The molecular weight excluding hydrogens is 440 g/mol. The average Bonchev–Trinajstić information content (AvgIpc) is 3.29. The Morgan fingerprint density at radius 3 is 2.71 bits per heavy atom. The number of hydrogen-bond acceptors (Lipinski definition) is 11. The third-order valence-electron chi connectivity index (χ3n) is 4.51. The maximum absolute atomic E-state index is 12.7. The highest BCUT2D eigenvalue weighted by atomic mass is 16.5. The van der Waals surface area contributed by atoms with Crippen LogP contribution in [0.1, 0.15) is 14.6 Å². The number of anilines is 4. The first kappa shape index (κ1) is 18.7. The predicted octanol–water partition coefficient (Wildman–Crippen LogP) is 1.93. The Kier molecular flexibility index (Phi) is 5.38. The fourth-order valence-corrected chi connectivity index (χ4v) is 3.01. The molecule has 3 N–H and O–H groups in total. The number of pyridine rings is 2. The van der Waals surface area contributed by atoms with Crippen LogP contribution < -0.4 is 25.4 Å². The molecule has 34 heavy (non-hydrogen) atoms. The highest BCUT2D eigenvalue weighted by Gasteiger charge is 2.20. The van der Waals surface area contributed by atoms with Crippen LogP contribution in [-0.4, -0.2) is 62.0 Å². The maximum Gasteiger partial charge on any atom is 0.273 e. The Morgan fingerprint density at radius 1 is 1.09 bits per heavy atom. The van der Waals surface area contributed by atoms with E-state index in [1.807, 2.05) is 5.32 Å². The highest BCUT2D eigenvalue weighted by molar-refractivity contribution is 5.98. The summed E-state index contributed by atoms with van der Waals surface area (Å²) in [6, 6.07) is 8.21. The number of nitrogens with one attached hydrogen (secondary N) is 3. The number of carbonyl (C=O) groups is 1. The molecule has 4 aromatic rings. The zero-order valence-electron chi connectivity index (χ0n) is 21.4. The fraction of sp³-hybridized carbons (Fsp3) is 0.190. The molecule has 0 aliphatic carbocycles. The van der Waals surface area contributed by atoms with Crippen molar-refractivity contribution in [3.8, 4) is 23.0 Å². The van der Waals surface area contributed by atoms with Crippen LogP contribution in [0, 0.1) is 0 Å². The molecule has 13 heteroatoms. The van der Waals surface area contributed by atoms with Gasteiger partial charge in [-0.2, -0.15) is 10.1 Å². The Hall–Kier alpha value is -4.81. The van der Waals surface area contributed by atoms with E-state index in [4.69, 9.17) is 13.6 Å². The molecule has 0 radical (unpaired) electrons. The van der Waals surface area contributed by atoms with Gasteiger partial charge in [0.05, 0.1) is 25.5 Å². The summed E-state index contributed by atoms with van der Waals surface area (Å²) in [6.07, 6.45) is 3.05. The van der Waals surface area contributed by atoms with Gasteiger partial charge < -0.3 is 25.4 Å². The summed E-state index contributed by atoms with van der Waals surface area (Å²) in [6.45, 7) is -2.74. The van der Waals surface area contributed by atoms with Gasteiger partial charge in [-0.1, -0.05) is 6.07 Å². The number of methoxy groups -OCH3 is 2. The summed E-state index contributed by atoms with van der Waals surface area (Å²) in [5, 5.41) is 20.1. The van der Waals surface area contributed by atoms with E-state index >= 15 is 0 Å². The summed E-state index contributed by atoms with van der Waals surface area (Å²) in [7, 11) is 4.66. The van der Waals surface area contributed by atoms with Crippen molar-refractivity contribution in [2.24, 2.45) is 7.05 Å². The van der Waals surface area contributed by atoms with Gasteiger partial charge in [0.1, 0.15) is 12.1 Å². The molecule has 0 atom stereocenters. The van der Waals surface area contributed by atoms with E-state index in [-0.39, 0.29) is 28.8 Å². The van der Waals surface area contributed by atoms with Gasteiger partial charge >= 0.3 is 0 Å². The summed E-state index contributed by atoms with van der Waals surface area (Å²) < 4.78 is 34.4. The topological polar surface area (TPSA) is 154 Å². The SMILES string of the molecule is [2H]C([2H])([2H])NC(=O)c1nnc(Nc2cccc(OC)n2)cc1Nc1nccc(-c2ncn(C)n2)c1OC. The maximum atomic E-state index is 12.7. The normalized spacial score (nSPS) is 12.1. The van der Waals surface area contributed by atoms with Crippen molar-refractivity contribution in [3.05, 3.63) is 48.5 Å². The lowest BCUT2D eigenvalue weighted by Gasteiger charge is -2.15. The van der Waals surface area contributed by atoms with Gasteiger partial charge in [-0.3, -0.25) is 9.48 Å². The Balaban J connectivity index is 1.75. The monoisotopic (exact) mass is 465 g/mol. The van der Waals surface area contributed by atoms with E-state index < -0.39 is 12.9 Å². The first-order chi connectivity index (χ1) is 17.7. The summed E-state index contributed by atoms with van der Waals surface area (Å²) >= 11 is 0. The molecule has 0 fully saturated rings. The van der Waals surface area contributed by atoms with Crippen LogP contribution in [0.25, 0.3) is 11.4 Å². The van der Waals surface area contributed by atoms with Gasteiger partial charge in [0.25, 0.3) is 5.91 Å². The van der Waals surface area contributed by atoms with E-state index in [1.165, 1.54) is 37.5 Å².